The molecule has 0 spiro atoms. The molecule has 1 saturated heterocycles. The van der Waals surface area contributed by atoms with Gasteiger partial charge in [0, 0.05) is 37.8 Å². The molecule has 1 fully saturated rings. The van der Waals surface area contributed by atoms with Gasteiger partial charge in [0.2, 0.25) is 0 Å². The van der Waals surface area contributed by atoms with E-state index in [1.54, 1.807) is 0 Å². The van der Waals surface area contributed by atoms with Crippen LogP contribution in [-0.4, -0.2) is 48.5 Å². The Morgan fingerprint density at radius 1 is 1.29 bits per heavy atom. The molecule has 1 unspecified atom stereocenters. The van der Waals surface area contributed by atoms with Crippen LogP contribution in [0.4, 0.5) is 5.69 Å². The minimum atomic E-state index is -0.597. The van der Waals surface area contributed by atoms with E-state index < -0.39 is 4.92 Å². The van der Waals surface area contributed by atoms with Crippen molar-refractivity contribution in [1.29, 1.82) is 0 Å². The van der Waals surface area contributed by atoms with Gasteiger partial charge in [-0.1, -0.05) is 41.9 Å². The number of nitrogens with one attached hydrogen (secondary N) is 1. The zero-order valence-electron chi connectivity index (χ0n) is 15.3. The van der Waals surface area contributed by atoms with Crippen molar-refractivity contribution in [3.05, 3.63) is 74.8 Å². The van der Waals surface area contributed by atoms with Crippen LogP contribution < -0.4 is 5.32 Å². The van der Waals surface area contributed by atoms with Crippen LogP contribution in [0.25, 0.3) is 0 Å². The average molecular weight is 404 g/mol. The van der Waals surface area contributed by atoms with Crippen molar-refractivity contribution in [1.82, 2.24) is 10.2 Å². The number of amides is 1. The first kappa shape index (κ1) is 20.3. The van der Waals surface area contributed by atoms with Crippen LogP contribution in [0.1, 0.15) is 28.4 Å². The van der Waals surface area contributed by atoms with Gasteiger partial charge in [-0.05, 0) is 24.1 Å². The molecule has 1 N–H and O–H groups in total. The number of carbonyl (C=O) groups is 1. The zero-order chi connectivity index (χ0) is 19.9. The van der Waals surface area contributed by atoms with Crippen molar-refractivity contribution in [2.45, 2.75) is 12.5 Å². The highest BCUT2D eigenvalue weighted by atomic mass is 35.5. The standard InChI is InChI=1S/C20H22ClN3O4/c21-17-8-7-16(13-18(17)24(26)27)20(25)22-9-4-10-23-11-12-28-19(14-23)15-5-2-1-3-6-15/h1-3,5-8,13,19H,4,9-12,14H2,(H,22,25). The SMILES string of the molecule is O=C(NCCCN1CCOC(c2ccccc2)C1)c1ccc(Cl)c([N+](=O)[O-])c1. The molecule has 0 aliphatic carbocycles. The zero-order valence-corrected chi connectivity index (χ0v) is 16.1. The Kier molecular flexibility index (Phi) is 6.97. The van der Waals surface area contributed by atoms with Gasteiger partial charge in [-0.2, -0.15) is 0 Å². The first-order valence-electron chi connectivity index (χ1n) is 9.15. The van der Waals surface area contributed by atoms with Crippen LogP contribution in [-0.2, 0) is 4.74 Å². The highest BCUT2D eigenvalue weighted by molar-refractivity contribution is 6.32. The average Bonchev–Trinajstić information content (AvgIpc) is 2.72. The molecule has 1 aliphatic heterocycles. The number of nitro benzene ring substituents is 1. The Balaban J connectivity index is 1.45. The molecule has 1 heterocycles. The molecular weight excluding hydrogens is 382 g/mol. The summed E-state index contributed by atoms with van der Waals surface area (Å²) in [7, 11) is 0. The number of ether oxygens (including phenoxy) is 1. The quantitative estimate of drug-likeness (QED) is 0.435. The Labute approximate surface area is 168 Å². The van der Waals surface area contributed by atoms with Crippen LogP contribution in [0.3, 0.4) is 0 Å². The van der Waals surface area contributed by atoms with Crippen molar-refractivity contribution in [2.24, 2.45) is 0 Å². The van der Waals surface area contributed by atoms with Crippen LogP contribution in [0.15, 0.2) is 48.5 Å². The fraction of sp³-hybridized carbons (Fsp3) is 0.350. The molecule has 7 nitrogen and oxygen atoms in total. The Bertz CT molecular complexity index is 831. The maximum atomic E-state index is 12.2. The topological polar surface area (TPSA) is 84.7 Å². The maximum Gasteiger partial charge on any atom is 0.288 e. The van der Waals surface area contributed by atoms with Gasteiger partial charge in [0.1, 0.15) is 5.02 Å². The number of benzene rings is 2. The number of morpholine rings is 1. The Hall–Kier alpha value is -2.48. The molecule has 2 aromatic carbocycles. The summed E-state index contributed by atoms with van der Waals surface area (Å²) in [6.07, 6.45) is 0.849. The van der Waals surface area contributed by atoms with Gasteiger partial charge in [0.15, 0.2) is 0 Å². The number of halogens is 1. The van der Waals surface area contributed by atoms with Crippen LogP contribution >= 0.6 is 11.6 Å². The summed E-state index contributed by atoms with van der Waals surface area (Å²) in [5.74, 6) is -0.344. The maximum absolute atomic E-state index is 12.2. The van der Waals surface area contributed by atoms with Gasteiger partial charge >= 0.3 is 0 Å². The minimum Gasteiger partial charge on any atom is -0.371 e. The summed E-state index contributed by atoms with van der Waals surface area (Å²) in [4.78, 5) is 24.9. The van der Waals surface area contributed by atoms with E-state index in [1.807, 2.05) is 18.2 Å². The molecular formula is C20H22ClN3O4. The lowest BCUT2D eigenvalue weighted by Gasteiger charge is -2.33. The number of hydrogen-bond donors (Lipinski definition) is 1. The molecule has 3 rings (SSSR count). The molecule has 0 saturated carbocycles. The Morgan fingerprint density at radius 3 is 2.82 bits per heavy atom. The third-order valence-electron chi connectivity index (χ3n) is 4.66. The second-order valence-electron chi connectivity index (χ2n) is 6.60. The van der Waals surface area contributed by atoms with Crippen molar-refractivity contribution >= 4 is 23.2 Å². The number of hydrogen-bond acceptors (Lipinski definition) is 5. The number of rotatable bonds is 7. The van der Waals surface area contributed by atoms with Crippen molar-refractivity contribution in [2.75, 3.05) is 32.8 Å². The Morgan fingerprint density at radius 2 is 2.07 bits per heavy atom. The largest absolute Gasteiger partial charge is 0.371 e. The first-order valence-corrected chi connectivity index (χ1v) is 9.53. The summed E-state index contributed by atoms with van der Waals surface area (Å²) >= 11 is 5.78. The second kappa shape index (κ2) is 9.64. The van der Waals surface area contributed by atoms with Gasteiger partial charge < -0.3 is 10.1 Å². The number of nitro groups is 1. The summed E-state index contributed by atoms with van der Waals surface area (Å²) in [5, 5.41) is 13.8. The summed E-state index contributed by atoms with van der Waals surface area (Å²) < 4.78 is 5.86. The molecule has 0 radical (unpaired) electrons. The predicted molar refractivity (Wildman–Crippen MR) is 107 cm³/mol. The van der Waals surface area contributed by atoms with Gasteiger partial charge in [0.25, 0.3) is 11.6 Å². The smallest absolute Gasteiger partial charge is 0.288 e. The van der Waals surface area contributed by atoms with Gasteiger partial charge in [0.05, 0.1) is 17.6 Å². The molecule has 0 bridgehead atoms. The third-order valence-corrected chi connectivity index (χ3v) is 4.98. The fourth-order valence-corrected chi connectivity index (χ4v) is 3.36. The van der Waals surface area contributed by atoms with E-state index in [0.29, 0.717) is 13.2 Å². The molecule has 28 heavy (non-hydrogen) atoms. The van der Waals surface area contributed by atoms with E-state index in [9.17, 15) is 14.9 Å². The summed E-state index contributed by atoms with van der Waals surface area (Å²) in [6.45, 7) is 3.69. The van der Waals surface area contributed by atoms with E-state index in [0.717, 1.165) is 26.1 Å². The number of carbonyl (C=O) groups excluding carboxylic acids is 1. The number of nitrogens with zero attached hydrogens (tertiary/aromatic N) is 2. The second-order valence-corrected chi connectivity index (χ2v) is 7.01. The summed E-state index contributed by atoms with van der Waals surface area (Å²) in [6, 6.07) is 14.2. The van der Waals surface area contributed by atoms with E-state index in [4.69, 9.17) is 16.3 Å². The highest BCUT2D eigenvalue weighted by Crippen LogP contribution is 2.25. The predicted octanol–water partition coefficient (Wildman–Crippen LogP) is 3.44. The fourth-order valence-electron chi connectivity index (χ4n) is 3.18. The highest BCUT2D eigenvalue weighted by Gasteiger charge is 2.21. The molecule has 1 amide bonds. The first-order chi connectivity index (χ1) is 13.5. The molecule has 2 aromatic rings. The van der Waals surface area contributed by atoms with Crippen molar-refractivity contribution in [3.63, 3.8) is 0 Å². The van der Waals surface area contributed by atoms with E-state index in [1.165, 1.54) is 23.8 Å². The molecule has 1 atom stereocenters. The monoisotopic (exact) mass is 403 g/mol. The van der Waals surface area contributed by atoms with Gasteiger partial charge in [-0.15, -0.1) is 0 Å². The molecule has 8 heteroatoms. The summed E-state index contributed by atoms with van der Waals surface area (Å²) in [5.41, 5.74) is 1.13. The van der Waals surface area contributed by atoms with Crippen molar-refractivity contribution < 1.29 is 14.5 Å². The minimum absolute atomic E-state index is 0.0156. The van der Waals surface area contributed by atoms with Gasteiger partial charge in [-0.3, -0.25) is 19.8 Å². The van der Waals surface area contributed by atoms with Crippen LogP contribution in [0, 0.1) is 10.1 Å². The third kappa shape index (κ3) is 5.28. The van der Waals surface area contributed by atoms with E-state index >= 15 is 0 Å². The lowest BCUT2D eigenvalue weighted by atomic mass is 10.1. The molecule has 1 aliphatic rings. The lowest BCUT2D eigenvalue weighted by Crippen LogP contribution is -2.39. The van der Waals surface area contributed by atoms with Crippen LogP contribution in [0.5, 0.6) is 0 Å². The van der Waals surface area contributed by atoms with Crippen molar-refractivity contribution in [3.8, 4) is 0 Å². The lowest BCUT2D eigenvalue weighted by molar-refractivity contribution is -0.384. The van der Waals surface area contributed by atoms with Crippen LogP contribution in [0.2, 0.25) is 5.02 Å². The normalized spacial score (nSPS) is 17.2. The molecule has 0 aromatic heterocycles. The van der Waals surface area contributed by atoms with Gasteiger partial charge in [-0.25, -0.2) is 0 Å². The van der Waals surface area contributed by atoms with E-state index in [2.05, 4.69) is 22.3 Å². The molecule has 148 valence electrons. The van der Waals surface area contributed by atoms with E-state index in [-0.39, 0.29) is 28.3 Å².